The van der Waals surface area contributed by atoms with Crippen LogP contribution in [0.4, 0.5) is 0 Å². The van der Waals surface area contributed by atoms with E-state index in [2.05, 4.69) is 4.99 Å². The average Bonchev–Trinajstić information content (AvgIpc) is 2.07. The summed E-state index contributed by atoms with van der Waals surface area (Å²) < 4.78 is 0. The summed E-state index contributed by atoms with van der Waals surface area (Å²) in [7, 11) is 0. The molecule has 0 unspecified atom stereocenters. The third-order valence-corrected chi connectivity index (χ3v) is 1.73. The lowest BCUT2D eigenvalue weighted by Crippen LogP contribution is -2.41. The van der Waals surface area contributed by atoms with Gasteiger partial charge in [-0.25, -0.2) is 0 Å². The molecule has 56 valence electrons. The van der Waals surface area contributed by atoms with E-state index in [0.29, 0.717) is 0 Å². The van der Waals surface area contributed by atoms with E-state index in [1.54, 1.807) is 4.90 Å². The zero-order valence-electron chi connectivity index (χ0n) is 6.59. The Kier molecular flexibility index (Phi) is 1.50. The highest BCUT2D eigenvalue weighted by molar-refractivity contribution is 6.28. The van der Waals surface area contributed by atoms with Gasteiger partial charge in [0.25, 0.3) is 5.91 Å². The molecule has 10 heavy (non-hydrogen) atoms. The van der Waals surface area contributed by atoms with E-state index in [1.165, 1.54) is 6.21 Å². The van der Waals surface area contributed by atoms with Crippen LogP contribution in [0.25, 0.3) is 0 Å². The number of rotatable bonds is 1. The number of hydrogen-bond acceptors (Lipinski definition) is 2. The van der Waals surface area contributed by atoms with Crippen molar-refractivity contribution in [3.63, 3.8) is 0 Å². The van der Waals surface area contributed by atoms with Crippen LogP contribution in [0.5, 0.6) is 0 Å². The van der Waals surface area contributed by atoms with Crippen molar-refractivity contribution in [3.05, 3.63) is 0 Å². The molecule has 0 fully saturated rings. The molecule has 0 spiro atoms. The van der Waals surface area contributed by atoms with Gasteiger partial charge in [0.2, 0.25) is 0 Å². The number of hydrogen-bond donors (Lipinski definition) is 0. The maximum Gasteiger partial charge on any atom is 0.266 e. The average molecular weight is 140 g/mol. The molecule has 1 heterocycles. The molecule has 1 aliphatic heterocycles. The molecule has 1 rings (SSSR count). The molecule has 3 heteroatoms. The summed E-state index contributed by atoms with van der Waals surface area (Å²) in [4.78, 5) is 16.8. The molecule has 0 aliphatic carbocycles. The van der Waals surface area contributed by atoms with E-state index in [-0.39, 0.29) is 11.6 Å². The Balaban J connectivity index is 2.82. The lowest BCUT2D eigenvalue weighted by molar-refractivity contribution is -0.126. The fourth-order valence-corrected chi connectivity index (χ4v) is 1.17. The maximum atomic E-state index is 11.0. The summed E-state index contributed by atoms with van der Waals surface area (Å²) in [6, 6.07) is 0. The van der Waals surface area contributed by atoms with Gasteiger partial charge in [0.15, 0.2) is 0 Å². The summed E-state index contributed by atoms with van der Waals surface area (Å²) in [6.07, 6.45) is 1.39. The van der Waals surface area contributed by atoms with E-state index in [1.807, 2.05) is 20.8 Å². The third kappa shape index (κ3) is 0.916. The molecule has 3 nitrogen and oxygen atoms in total. The summed E-state index contributed by atoms with van der Waals surface area (Å²) in [6.45, 7) is 6.54. The van der Waals surface area contributed by atoms with Crippen LogP contribution >= 0.6 is 0 Å². The normalized spacial score (nSPS) is 22.3. The van der Waals surface area contributed by atoms with Crippen molar-refractivity contribution in [2.24, 2.45) is 4.99 Å². The molecule has 0 saturated heterocycles. The fraction of sp³-hybridized carbons (Fsp3) is 0.714. The van der Waals surface area contributed by atoms with Crippen molar-refractivity contribution in [3.8, 4) is 0 Å². The van der Waals surface area contributed by atoms with Crippen LogP contribution in [0.3, 0.4) is 0 Å². The summed E-state index contributed by atoms with van der Waals surface area (Å²) in [5.74, 6) is 0.0208. The van der Waals surface area contributed by atoms with Gasteiger partial charge in [-0.05, 0) is 20.8 Å². The van der Waals surface area contributed by atoms with E-state index < -0.39 is 0 Å². The molecule has 0 aromatic rings. The van der Waals surface area contributed by atoms with Gasteiger partial charge in [0.05, 0.1) is 6.21 Å². The quantitative estimate of drug-likeness (QED) is 0.526. The van der Waals surface area contributed by atoms with Gasteiger partial charge < -0.3 is 4.90 Å². The van der Waals surface area contributed by atoms with Crippen LogP contribution in [-0.2, 0) is 4.79 Å². The zero-order valence-corrected chi connectivity index (χ0v) is 6.59. The highest BCUT2D eigenvalue weighted by Gasteiger charge is 2.32. The summed E-state index contributed by atoms with van der Waals surface area (Å²) >= 11 is 0. The molecular formula is C7H12N2O. The topological polar surface area (TPSA) is 32.7 Å². The van der Waals surface area contributed by atoms with Crippen molar-refractivity contribution in [2.75, 3.05) is 6.54 Å². The van der Waals surface area contributed by atoms with Crippen LogP contribution in [0.15, 0.2) is 4.99 Å². The van der Waals surface area contributed by atoms with Crippen LogP contribution in [0.2, 0.25) is 0 Å². The number of aliphatic imine (C=N–C) groups is 1. The summed E-state index contributed by atoms with van der Waals surface area (Å²) in [5.41, 5.74) is -0.314. The first-order valence-electron chi connectivity index (χ1n) is 3.45. The van der Waals surface area contributed by atoms with Gasteiger partial charge in [-0.15, -0.1) is 0 Å². The molecule has 0 N–H and O–H groups in total. The first-order valence-corrected chi connectivity index (χ1v) is 3.45. The summed E-state index contributed by atoms with van der Waals surface area (Å²) in [5, 5.41) is 0. The number of carbonyl (C=O) groups excluding carboxylic acids is 1. The SMILES string of the molecule is CCN1C(=O)C=NC1(C)C. The second-order valence-electron chi connectivity index (χ2n) is 2.84. The van der Waals surface area contributed by atoms with Gasteiger partial charge in [-0.2, -0.15) is 0 Å². The Morgan fingerprint density at radius 2 is 2.30 bits per heavy atom. The zero-order chi connectivity index (χ0) is 7.78. The molecule has 0 atom stereocenters. The molecule has 0 radical (unpaired) electrons. The van der Waals surface area contributed by atoms with Gasteiger partial charge in [0.1, 0.15) is 5.66 Å². The fourth-order valence-electron chi connectivity index (χ4n) is 1.17. The van der Waals surface area contributed by atoms with Gasteiger partial charge in [-0.3, -0.25) is 9.79 Å². The maximum absolute atomic E-state index is 11.0. The monoisotopic (exact) mass is 140 g/mol. The molecule has 0 saturated carbocycles. The van der Waals surface area contributed by atoms with Gasteiger partial charge in [0, 0.05) is 6.54 Å². The minimum atomic E-state index is -0.314. The van der Waals surface area contributed by atoms with Crippen molar-refractivity contribution in [1.82, 2.24) is 4.90 Å². The van der Waals surface area contributed by atoms with Crippen LogP contribution in [0, 0.1) is 0 Å². The van der Waals surface area contributed by atoms with Crippen molar-refractivity contribution < 1.29 is 4.79 Å². The largest absolute Gasteiger partial charge is 0.314 e. The van der Waals surface area contributed by atoms with E-state index in [9.17, 15) is 4.79 Å². The minimum Gasteiger partial charge on any atom is -0.314 e. The molecule has 0 aromatic carbocycles. The molecule has 1 aliphatic rings. The van der Waals surface area contributed by atoms with Crippen LogP contribution in [0.1, 0.15) is 20.8 Å². The van der Waals surface area contributed by atoms with Crippen molar-refractivity contribution >= 4 is 12.1 Å². The second kappa shape index (κ2) is 2.08. The number of carbonyl (C=O) groups is 1. The van der Waals surface area contributed by atoms with E-state index in [0.717, 1.165) is 6.54 Å². The Morgan fingerprint density at radius 3 is 2.50 bits per heavy atom. The molecule has 1 amide bonds. The highest BCUT2D eigenvalue weighted by Crippen LogP contribution is 2.19. The molecule has 0 bridgehead atoms. The van der Waals surface area contributed by atoms with Crippen LogP contribution < -0.4 is 0 Å². The number of nitrogens with zero attached hydrogens (tertiary/aromatic N) is 2. The number of amides is 1. The first-order chi connectivity index (χ1) is 4.58. The second-order valence-corrected chi connectivity index (χ2v) is 2.84. The van der Waals surface area contributed by atoms with Crippen molar-refractivity contribution in [2.45, 2.75) is 26.4 Å². The molecular weight excluding hydrogens is 128 g/mol. The highest BCUT2D eigenvalue weighted by atomic mass is 16.2. The standard InChI is InChI=1S/C7H12N2O/c1-4-9-6(10)5-8-7(9,2)3/h5H,4H2,1-3H3. The lowest BCUT2D eigenvalue weighted by atomic mass is 10.2. The Bertz CT molecular complexity index is 184. The third-order valence-electron chi connectivity index (χ3n) is 1.73. The van der Waals surface area contributed by atoms with Gasteiger partial charge in [-0.1, -0.05) is 0 Å². The van der Waals surface area contributed by atoms with Crippen molar-refractivity contribution in [1.29, 1.82) is 0 Å². The van der Waals surface area contributed by atoms with Gasteiger partial charge >= 0.3 is 0 Å². The van der Waals surface area contributed by atoms with Crippen LogP contribution in [-0.4, -0.2) is 29.2 Å². The smallest absolute Gasteiger partial charge is 0.266 e. The minimum absolute atomic E-state index is 0.0208. The Labute approximate surface area is 60.7 Å². The van der Waals surface area contributed by atoms with E-state index >= 15 is 0 Å². The first kappa shape index (κ1) is 7.25. The lowest BCUT2D eigenvalue weighted by Gasteiger charge is -2.27. The predicted octanol–water partition coefficient (Wildman–Crippen LogP) is 0.655. The molecule has 0 aromatic heterocycles. The Hall–Kier alpha value is -0.860. The predicted molar refractivity (Wildman–Crippen MR) is 40.0 cm³/mol. The van der Waals surface area contributed by atoms with E-state index in [4.69, 9.17) is 0 Å². The Morgan fingerprint density at radius 1 is 1.70 bits per heavy atom.